The van der Waals surface area contributed by atoms with Crippen LogP contribution in [0.4, 0.5) is 14.5 Å². The van der Waals surface area contributed by atoms with E-state index in [0.717, 1.165) is 12.1 Å². The number of carbonyl (C=O) groups excluding carboxylic acids is 1. The highest BCUT2D eigenvalue weighted by Gasteiger charge is 2.29. The Morgan fingerprint density at radius 3 is 2.89 bits per heavy atom. The van der Waals surface area contributed by atoms with Crippen LogP contribution in [0.15, 0.2) is 23.9 Å². The molecule has 0 amide bonds. The summed E-state index contributed by atoms with van der Waals surface area (Å²) < 4.78 is 31.4. The number of ether oxygens (including phenoxy) is 1. The van der Waals surface area contributed by atoms with Gasteiger partial charge >= 0.3 is 5.97 Å². The highest BCUT2D eigenvalue weighted by molar-refractivity contribution is 6.26. The Morgan fingerprint density at radius 2 is 2.22 bits per heavy atom. The molecule has 0 aromatic heterocycles. The van der Waals surface area contributed by atoms with Gasteiger partial charge in [-0.15, -0.1) is 11.6 Å². The zero-order valence-electron chi connectivity index (χ0n) is 9.47. The SMILES string of the molecule is CCOC(=O)C1=CNc2c(F)cc(F)cc2C1Cl. The summed E-state index contributed by atoms with van der Waals surface area (Å²) in [5.41, 5.74) is 0.375. The number of halogens is 3. The molecule has 0 fully saturated rings. The van der Waals surface area contributed by atoms with Gasteiger partial charge in [0, 0.05) is 17.8 Å². The van der Waals surface area contributed by atoms with Gasteiger partial charge in [-0.05, 0) is 13.0 Å². The highest BCUT2D eigenvalue weighted by Crippen LogP contribution is 2.39. The van der Waals surface area contributed by atoms with Crippen molar-refractivity contribution in [2.75, 3.05) is 11.9 Å². The summed E-state index contributed by atoms with van der Waals surface area (Å²) in [6.45, 7) is 1.86. The zero-order chi connectivity index (χ0) is 13.3. The maximum atomic E-state index is 13.5. The lowest BCUT2D eigenvalue weighted by Crippen LogP contribution is -2.18. The molecule has 1 heterocycles. The molecule has 6 heteroatoms. The molecule has 0 saturated carbocycles. The van der Waals surface area contributed by atoms with E-state index in [1.165, 1.54) is 6.20 Å². The topological polar surface area (TPSA) is 38.3 Å². The Morgan fingerprint density at radius 1 is 1.50 bits per heavy atom. The van der Waals surface area contributed by atoms with Gasteiger partial charge in [-0.1, -0.05) is 0 Å². The van der Waals surface area contributed by atoms with E-state index in [2.05, 4.69) is 5.32 Å². The summed E-state index contributed by atoms with van der Waals surface area (Å²) in [5, 5.41) is 1.65. The Hall–Kier alpha value is -1.62. The van der Waals surface area contributed by atoms with Gasteiger partial charge in [-0.2, -0.15) is 0 Å². The maximum Gasteiger partial charge on any atom is 0.337 e. The average Bonchev–Trinajstić information content (AvgIpc) is 2.30. The fourth-order valence-corrected chi connectivity index (χ4v) is 2.04. The van der Waals surface area contributed by atoms with Gasteiger partial charge in [-0.3, -0.25) is 0 Å². The Bertz CT molecular complexity index is 531. The van der Waals surface area contributed by atoms with Crippen molar-refractivity contribution in [3.63, 3.8) is 0 Å². The number of carbonyl (C=O) groups is 1. The van der Waals surface area contributed by atoms with Crippen LogP contribution in [0.25, 0.3) is 0 Å². The number of rotatable bonds is 2. The van der Waals surface area contributed by atoms with Gasteiger partial charge in [0.25, 0.3) is 0 Å². The molecule has 1 aliphatic heterocycles. The lowest BCUT2D eigenvalue weighted by Gasteiger charge is -2.22. The zero-order valence-corrected chi connectivity index (χ0v) is 10.2. The molecule has 1 unspecified atom stereocenters. The maximum absolute atomic E-state index is 13.5. The first kappa shape index (κ1) is 12.8. The molecule has 0 aliphatic carbocycles. The molecule has 0 radical (unpaired) electrons. The third-order valence-corrected chi connectivity index (χ3v) is 2.98. The molecule has 1 aromatic rings. The van der Waals surface area contributed by atoms with Crippen molar-refractivity contribution >= 4 is 23.3 Å². The smallest absolute Gasteiger partial charge is 0.337 e. The first-order valence-corrected chi connectivity index (χ1v) is 5.75. The van der Waals surface area contributed by atoms with E-state index in [9.17, 15) is 13.6 Å². The van der Waals surface area contributed by atoms with Crippen LogP contribution in [0.2, 0.25) is 0 Å². The summed E-state index contributed by atoms with van der Waals surface area (Å²) >= 11 is 6.05. The molecule has 2 rings (SSSR count). The minimum absolute atomic E-state index is 0.0736. The third-order valence-electron chi connectivity index (χ3n) is 2.51. The number of hydrogen-bond acceptors (Lipinski definition) is 3. The lowest BCUT2D eigenvalue weighted by molar-refractivity contribution is -0.138. The van der Waals surface area contributed by atoms with Gasteiger partial charge in [0.15, 0.2) is 0 Å². The van der Waals surface area contributed by atoms with Crippen molar-refractivity contribution in [3.05, 3.63) is 41.1 Å². The fourth-order valence-electron chi connectivity index (χ4n) is 1.71. The van der Waals surface area contributed by atoms with E-state index in [4.69, 9.17) is 16.3 Å². The Kier molecular flexibility index (Phi) is 3.52. The van der Waals surface area contributed by atoms with E-state index < -0.39 is 23.0 Å². The number of benzene rings is 1. The molecule has 1 aromatic carbocycles. The van der Waals surface area contributed by atoms with Gasteiger partial charge in [0.05, 0.1) is 23.2 Å². The monoisotopic (exact) mass is 273 g/mol. The number of esters is 1. The van der Waals surface area contributed by atoms with Crippen LogP contribution in [-0.2, 0) is 9.53 Å². The molecule has 96 valence electrons. The number of hydrogen-bond donors (Lipinski definition) is 1. The van der Waals surface area contributed by atoms with Gasteiger partial charge < -0.3 is 10.1 Å². The van der Waals surface area contributed by atoms with Crippen molar-refractivity contribution in [2.24, 2.45) is 0 Å². The summed E-state index contributed by atoms with van der Waals surface area (Å²) in [6, 6.07) is 1.84. The number of alkyl halides is 1. The van der Waals surface area contributed by atoms with E-state index in [0.29, 0.717) is 0 Å². The first-order valence-electron chi connectivity index (χ1n) is 5.31. The van der Waals surface area contributed by atoms with E-state index >= 15 is 0 Å². The van der Waals surface area contributed by atoms with E-state index in [1.54, 1.807) is 6.92 Å². The standard InChI is InChI=1S/C12H10ClF2NO2/c1-2-18-12(17)8-5-16-11-7(10(8)13)3-6(14)4-9(11)15/h3-5,10,16H,2H2,1H3. The van der Waals surface area contributed by atoms with E-state index in [-0.39, 0.29) is 23.4 Å². The van der Waals surface area contributed by atoms with Crippen molar-refractivity contribution in [3.8, 4) is 0 Å². The van der Waals surface area contributed by atoms with Crippen molar-refractivity contribution in [2.45, 2.75) is 12.3 Å². The van der Waals surface area contributed by atoms with Gasteiger partial charge in [-0.25, -0.2) is 13.6 Å². The number of fused-ring (bicyclic) bond motifs is 1. The highest BCUT2D eigenvalue weighted by atomic mass is 35.5. The second-order valence-electron chi connectivity index (χ2n) is 3.68. The van der Waals surface area contributed by atoms with Crippen LogP contribution in [0.5, 0.6) is 0 Å². The molecule has 18 heavy (non-hydrogen) atoms. The first-order chi connectivity index (χ1) is 8.54. The summed E-state index contributed by atoms with van der Waals surface area (Å²) in [6.07, 6.45) is 1.28. The average molecular weight is 274 g/mol. The van der Waals surface area contributed by atoms with Crippen LogP contribution >= 0.6 is 11.6 Å². The molecule has 3 nitrogen and oxygen atoms in total. The largest absolute Gasteiger partial charge is 0.463 e. The van der Waals surface area contributed by atoms with Crippen molar-refractivity contribution in [1.29, 1.82) is 0 Å². The van der Waals surface area contributed by atoms with Crippen LogP contribution in [0.1, 0.15) is 17.9 Å². The van der Waals surface area contributed by atoms with Gasteiger partial charge in [0.1, 0.15) is 11.6 Å². The summed E-state index contributed by atoms with van der Waals surface area (Å²) in [7, 11) is 0. The lowest BCUT2D eigenvalue weighted by atomic mass is 10.00. The molecule has 1 N–H and O–H groups in total. The Labute approximate surface area is 107 Å². The van der Waals surface area contributed by atoms with Crippen molar-refractivity contribution in [1.82, 2.24) is 0 Å². The molecule has 0 spiro atoms. The van der Waals surface area contributed by atoms with Crippen LogP contribution in [-0.4, -0.2) is 12.6 Å². The normalized spacial score (nSPS) is 17.6. The number of nitrogens with one attached hydrogen (secondary N) is 1. The van der Waals surface area contributed by atoms with Gasteiger partial charge in [0.2, 0.25) is 0 Å². The summed E-state index contributed by atoms with van der Waals surface area (Å²) in [5.74, 6) is -2.11. The summed E-state index contributed by atoms with van der Waals surface area (Å²) in [4.78, 5) is 11.6. The second kappa shape index (κ2) is 4.94. The molecule has 1 aliphatic rings. The van der Waals surface area contributed by atoms with Crippen LogP contribution in [0.3, 0.4) is 0 Å². The third kappa shape index (κ3) is 2.18. The predicted molar refractivity (Wildman–Crippen MR) is 63.3 cm³/mol. The van der Waals surface area contributed by atoms with Crippen LogP contribution in [0, 0.1) is 11.6 Å². The second-order valence-corrected chi connectivity index (χ2v) is 4.12. The molecule has 0 bridgehead atoms. The van der Waals surface area contributed by atoms with E-state index in [1.807, 2.05) is 0 Å². The molecule has 1 atom stereocenters. The quantitative estimate of drug-likeness (QED) is 0.665. The molecular weight excluding hydrogens is 264 g/mol. The Balaban J connectivity index is 2.39. The number of anilines is 1. The fraction of sp³-hybridized carbons (Fsp3) is 0.250. The minimum Gasteiger partial charge on any atom is -0.463 e. The predicted octanol–water partition coefficient (Wildman–Crippen LogP) is 3.12. The van der Waals surface area contributed by atoms with Crippen LogP contribution < -0.4 is 5.32 Å². The minimum atomic E-state index is -0.939. The molecule has 0 saturated heterocycles. The van der Waals surface area contributed by atoms with Crippen molar-refractivity contribution < 1.29 is 18.3 Å². The molecular formula is C12H10ClF2NO2.